The van der Waals surface area contributed by atoms with Gasteiger partial charge in [-0.2, -0.15) is 0 Å². The zero-order chi connectivity index (χ0) is 18.5. The summed E-state index contributed by atoms with van der Waals surface area (Å²) in [5.74, 6) is -0.343. The topological polar surface area (TPSA) is 98.6 Å². The van der Waals surface area contributed by atoms with Crippen LogP contribution in [0.1, 0.15) is 21.5 Å². The predicted molar refractivity (Wildman–Crippen MR) is 101 cm³/mol. The van der Waals surface area contributed by atoms with Crippen molar-refractivity contribution in [2.75, 3.05) is 0 Å². The summed E-state index contributed by atoms with van der Waals surface area (Å²) in [6.07, 6.45) is 0. The lowest BCUT2D eigenvalue weighted by Crippen LogP contribution is -1.97. The molecule has 0 atom stereocenters. The molecule has 3 aromatic carbocycles. The maximum absolute atomic E-state index is 11.2. The molecule has 0 amide bonds. The molecule has 1 aromatic heterocycles. The van der Waals surface area contributed by atoms with Gasteiger partial charge in [-0.25, -0.2) is 9.78 Å². The van der Waals surface area contributed by atoms with E-state index >= 15 is 0 Å². The molecule has 0 unspecified atom stereocenters. The summed E-state index contributed by atoms with van der Waals surface area (Å²) in [6.45, 7) is 0. The minimum absolute atomic E-state index is 0.205. The number of rotatable bonds is 2. The van der Waals surface area contributed by atoms with E-state index in [0.717, 1.165) is 27.8 Å². The van der Waals surface area contributed by atoms with Gasteiger partial charge >= 0.3 is 5.97 Å². The lowest BCUT2D eigenvalue weighted by Gasteiger charge is -2.06. The third-order valence-corrected chi connectivity index (χ3v) is 4.86. The average molecular weight is 355 g/mol. The Kier molecular flexibility index (Phi) is 3.14. The molecule has 0 bridgehead atoms. The van der Waals surface area contributed by atoms with Crippen LogP contribution in [0.25, 0.3) is 33.5 Å². The molecule has 0 radical (unpaired) electrons. The molecule has 1 aliphatic carbocycles. The van der Waals surface area contributed by atoms with Crippen LogP contribution in [0.15, 0.2) is 65.8 Å². The van der Waals surface area contributed by atoms with Crippen LogP contribution in [-0.2, 0) is 0 Å². The van der Waals surface area contributed by atoms with E-state index in [2.05, 4.69) is 15.1 Å². The van der Waals surface area contributed by atoms with E-state index in [9.17, 15) is 15.1 Å². The first kappa shape index (κ1) is 15.3. The van der Waals surface area contributed by atoms with E-state index in [-0.39, 0.29) is 5.56 Å². The standard InChI is InChI=1S/C21H13N3O3/c25-21(26)11-8-9-16-17(10-11)23-20(22-16)15-7-3-6-14-18(15)12-4-1-2-5-13(12)19(14)24-27/h1-10,27H,(H,22,23)(H,25,26)/b24-19+. The Morgan fingerprint density at radius 1 is 0.926 bits per heavy atom. The number of aromatic carboxylic acids is 1. The molecule has 130 valence electrons. The fourth-order valence-corrected chi connectivity index (χ4v) is 3.67. The van der Waals surface area contributed by atoms with E-state index in [1.54, 1.807) is 12.1 Å². The first-order chi connectivity index (χ1) is 13.2. The van der Waals surface area contributed by atoms with E-state index in [1.807, 2.05) is 42.5 Å². The number of nitrogens with one attached hydrogen (secondary N) is 1. The van der Waals surface area contributed by atoms with Crippen LogP contribution >= 0.6 is 0 Å². The zero-order valence-electron chi connectivity index (χ0n) is 14.0. The number of carbonyl (C=O) groups is 1. The van der Waals surface area contributed by atoms with Gasteiger partial charge in [-0.15, -0.1) is 0 Å². The smallest absolute Gasteiger partial charge is 0.335 e. The largest absolute Gasteiger partial charge is 0.478 e. The van der Waals surface area contributed by atoms with Gasteiger partial charge in [0.2, 0.25) is 0 Å². The minimum Gasteiger partial charge on any atom is -0.478 e. The van der Waals surface area contributed by atoms with Crippen molar-refractivity contribution in [3.05, 3.63) is 77.4 Å². The Balaban J connectivity index is 1.77. The van der Waals surface area contributed by atoms with Gasteiger partial charge in [-0.05, 0) is 23.8 Å². The molecule has 3 N–H and O–H groups in total. The number of hydrogen-bond donors (Lipinski definition) is 3. The van der Waals surface area contributed by atoms with Gasteiger partial charge in [0.05, 0.1) is 16.6 Å². The van der Waals surface area contributed by atoms with Crippen LogP contribution in [0.4, 0.5) is 0 Å². The normalized spacial score (nSPS) is 13.7. The molecule has 0 saturated heterocycles. The molecule has 1 aliphatic rings. The second-order valence-electron chi connectivity index (χ2n) is 6.34. The van der Waals surface area contributed by atoms with E-state index in [1.165, 1.54) is 6.07 Å². The molecule has 0 fully saturated rings. The highest BCUT2D eigenvalue weighted by atomic mass is 16.4. The van der Waals surface area contributed by atoms with Crippen molar-refractivity contribution in [2.24, 2.45) is 5.16 Å². The van der Waals surface area contributed by atoms with Crippen molar-refractivity contribution in [1.82, 2.24) is 9.97 Å². The lowest BCUT2D eigenvalue weighted by atomic mass is 9.99. The molecular formula is C21H13N3O3. The number of nitrogens with zero attached hydrogens (tertiary/aromatic N) is 2. The molecule has 0 spiro atoms. The van der Waals surface area contributed by atoms with Crippen molar-refractivity contribution < 1.29 is 15.1 Å². The number of carboxylic acids is 1. The Hall–Kier alpha value is -3.93. The Morgan fingerprint density at radius 2 is 1.67 bits per heavy atom. The Morgan fingerprint density at radius 3 is 2.44 bits per heavy atom. The van der Waals surface area contributed by atoms with Crippen LogP contribution in [0.2, 0.25) is 0 Å². The average Bonchev–Trinajstić information content (AvgIpc) is 3.25. The summed E-state index contributed by atoms with van der Waals surface area (Å²) in [5, 5.41) is 22.2. The van der Waals surface area contributed by atoms with Crippen molar-refractivity contribution in [3.8, 4) is 22.5 Å². The van der Waals surface area contributed by atoms with Gasteiger partial charge in [0, 0.05) is 22.3 Å². The number of aromatic amines is 1. The summed E-state index contributed by atoms with van der Waals surface area (Å²) in [6, 6.07) is 18.3. The summed E-state index contributed by atoms with van der Waals surface area (Å²) in [7, 11) is 0. The number of H-pyrrole nitrogens is 1. The van der Waals surface area contributed by atoms with Gasteiger partial charge in [0.1, 0.15) is 11.5 Å². The third kappa shape index (κ3) is 2.17. The van der Waals surface area contributed by atoms with Gasteiger partial charge in [0.15, 0.2) is 0 Å². The molecule has 4 aromatic rings. The van der Waals surface area contributed by atoms with Crippen molar-refractivity contribution in [3.63, 3.8) is 0 Å². The van der Waals surface area contributed by atoms with E-state index in [0.29, 0.717) is 22.6 Å². The highest BCUT2D eigenvalue weighted by Gasteiger charge is 2.28. The first-order valence-electron chi connectivity index (χ1n) is 8.36. The van der Waals surface area contributed by atoms with Crippen LogP contribution in [0, 0.1) is 0 Å². The SMILES string of the molecule is O=C(O)c1ccc2nc(-c3cccc4c3-c3ccccc3/C4=N\O)[nH]c2c1. The molecule has 6 heteroatoms. The van der Waals surface area contributed by atoms with Crippen LogP contribution in [-0.4, -0.2) is 32.0 Å². The van der Waals surface area contributed by atoms with Gasteiger partial charge in [-0.1, -0.05) is 47.6 Å². The number of fused-ring (bicyclic) bond motifs is 4. The minimum atomic E-state index is -0.980. The third-order valence-electron chi connectivity index (χ3n) is 4.86. The maximum Gasteiger partial charge on any atom is 0.335 e. The molecule has 5 rings (SSSR count). The van der Waals surface area contributed by atoms with Crippen LogP contribution in [0.5, 0.6) is 0 Å². The number of carboxylic acid groups (broad SMARTS) is 1. The summed E-state index contributed by atoms with van der Waals surface area (Å²) in [4.78, 5) is 19.1. The second kappa shape index (κ2) is 5.54. The van der Waals surface area contributed by atoms with E-state index in [4.69, 9.17) is 0 Å². The predicted octanol–water partition coefficient (Wildman–Crippen LogP) is 4.14. The lowest BCUT2D eigenvalue weighted by molar-refractivity contribution is 0.0697. The number of imidazole rings is 1. The maximum atomic E-state index is 11.2. The van der Waals surface area contributed by atoms with Gasteiger partial charge < -0.3 is 15.3 Å². The summed E-state index contributed by atoms with van der Waals surface area (Å²) >= 11 is 0. The fraction of sp³-hybridized carbons (Fsp3) is 0. The van der Waals surface area contributed by atoms with Crippen LogP contribution in [0.3, 0.4) is 0 Å². The molecule has 27 heavy (non-hydrogen) atoms. The molecular weight excluding hydrogens is 342 g/mol. The molecule has 0 aliphatic heterocycles. The monoisotopic (exact) mass is 355 g/mol. The van der Waals surface area contributed by atoms with Crippen molar-refractivity contribution in [2.45, 2.75) is 0 Å². The van der Waals surface area contributed by atoms with Crippen molar-refractivity contribution in [1.29, 1.82) is 0 Å². The summed E-state index contributed by atoms with van der Waals surface area (Å²) in [5.41, 5.74) is 6.57. The fourth-order valence-electron chi connectivity index (χ4n) is 3.67. The van der Waals surface area contributed by atoms with Gasteiger partial charge in [-0.3, -0.25) is 0 Å². The number of benzene rings is 3. The number of aromatic nitrogens is 2. The number of hydrogen-bond acceptors (Lipinski definition) is 4. The van der Waals surface area contributed by atoms with Crippen LogP contribution < -0.4 is 0 Å². The second-order valence-corrected chi connectivity index (χ2v) is 6.34. The quantitative estimate of drug-likeness (QED) is 0.327. The van der Waals surface area contributed by atoms with Gasteiger partial charge in [0.25, 0.3) is 0 Å². The first-order valence-corrected chi connectivity index (χ1v) is 8.36. The molecule has 0 saturated carbocycles. The highest BCUT2D eigenvalue weighted by molar-refractivity contribution is 6.26. The Bertz CT molecular complexity index is 1270. The Labute approximate surface area is 153 Å². The zero-order valence-corrected chi connectivity index (χ0v) is 14.0. The molecule has 6 nitrogen and oxygen atoms in total. The van der Waals surface area contributed by atoms with E-state index < -0.39 is 5.97 Å². The van der Waals surface area contributed by atoms with Crippen molar-refractivity contribution >= 4 is 22.7 Å². The number of oxime groups is 1. The summed E-state index contributed by atoms with van der Waals surface area (Å²) < 4.78 is 0. The molecule has 1 heterocycles. The highest BCUT2D eigenvalue weighted by Crippen LogP contribution is 2.42.